The lowest BCUT2D eigenvalue weighted by atomic mass is 9.97. The number of nitrogens with one attached hydrogen (secondary N) is 1. The van der Waals surface area contributed by atoms with Crippen LogP contribution in [0.1, 0.15) is 30.1 Å². The lowest BCUT2D eigenvalue weighted by Crippen LogP contribution is -2.37. The molecule has 0 bridgehead atoms. The van der Waals surface area contributed by atoms with Crippen LogP contribution < -0.4 is 16.0 Å². The number of nitrogens with two attached hydrogens (primary N) is 1. The molecule has 0 atom stereocenters. The largest absolute Gasteiger partial charge is 0.371 e. The Morgan fingerprint density at radius 3 is 2.75 bits per heavy atom. The van der Waals surface area contributed by atoms with Crippen molar-refractivity contribution >= 4 is 23.2 Å². The molecule has 1 aliphatic heterocycles. The lowest BCUT2D eigenvalue weighted by Gasteiger charge is -2.32. The van der Waals surface area contributed by atoms with Gasteiger partial charge in [0.2, 0.25) is 0 Å². The number of anilines is 1. The molecule has 0 aromatic heterocycles. The third-order valence-corrected chi connectivity index (χ3v) is 4.21. The van der Waals surface area contributed by atoms with Crippen molar-refractivity contribution < 1.29 is 4.79 Å². The number of rotatable bonds is 5. The van der Waals surface area contributed by atoms with Gasteiger partial charge in [0, 0.05) is 13.1 Å². The zero-order chi connectivity index (χ0) is 14.5. The first-order valence-electron chi connectivity index (χ1n) is 7.17. The number of hydrogen-bond donors (Lipinski definition) is 2. The number of piperidine rings is 1. The van der Waals surface area contributed by atoms with Gasteiger partial charge in [-0.25, -0.2) is 0 Å². The Bertz CT molecular complexity index is 472. The van der Waals surface area contributed by atoms with Crippen LogP contribution in [0.2, 0.25) is 5.02 Å². The summed E-state index contributed by atoms with van der Waals surface area (Å²) in [6, 6.07) is 5.51. The Hall–Kier alpha value is -1.26. The van der Waals surface area contributed by atoms with Crippen LogP contribution in [0.15, 0.2) is 18.2 Å². The molecule has 20 heavy (non-hydrogen) atoms. The summed E-state index contributed by atoms with van der Waals surface area (Å²) in [5, 5.41) is 3.80. The van der Waals surface area contributed by atoms with Gasteiger partial charge in [-0.2, -0.15) is 0 Å². The van der Waals surface area contributed by atoms with E-state index >= 15 is 0 Å². The van der Waals surface area contributed by atoms with Crippen LogP contribution in [0.3, 0.4) is 0 Å². The van der Waals surface area contributed by atoms with Gasteiger partial charge in [-0.1, -0.05) is 17.7 Å². The topological polar surface area (TPSA) is 58.4 Å². The normalized spacial score (nSPS) is 16.1. The number of carbonyl (C=O) groups is 1. The van der Waals surface area contributed by atoms with Gasteiger partial charge in [0.1, 0.15) is 0 Å². The molecule has 3 N–H and O–H groups in total. The van der Waals surface area contributed by atoms with Gasteiger partial charge in [-0.05, 0) is 50.9 Å². The van der Waals surface area contributed by atoms with Crippen LogP contribution in [0, 0.1) is 5.92 Å². The van der Waals surface area contributed by atoms with E-state index in [-0.39, 0.29) is 0 Å². The Morgan fingerprint density at radius 2 is 2.15 bits per heavy atom. The summed E-state index contributed by atoms with van der Waals surface area (Å²) in [5.74, 6) is 0.185. The first-order valence-corrected chi connectivity index (χ1v) is 7.55. The molecule has 0 unspecified atom stereocenters. The highest BCUT2D eigenvalue weighted by Crippen LogP contribution is 2.28. The Morgan fingerprint density at radius 1 is 1.45 bits per heavy atom. The van der Waals surface area contributed by atoms with Crippen molar-refractivity contribution in [2.75, 3.05) is 31.1 Å². The number of halogens is 1. The zero-order valence-corrected chi connectivity index (χ0v) is 12.6. The molecular weight excluding hydrogens is 274 g/mol. The van der Waals surface area contributed by atoms with E-state index in [0.29, 0.717) is 16.5 Å². The summed E-state index contributed by atoms with van der Waals surface area (Å²) in [5.41, 5.74) is 6.77. The Balaban J connectivity index is 2.22. The maximum atomic E-state index is 11.7. The zero-order valence-electron chi connectivity index (χ0n) is 11.9. The van der Waals surface area contributed by atoms with E-state index in [1.165, 1.54) is 12.8 Å². The summed E-state index contributed by atoms with van der Waals surface area (Å²) in [7, 11) is 0. The minimum Gasteiger partial charge on any atom is -0.371 e. The highest BCUT2D eigenvalue weighted by atomic mass is 35.5. The van der Waals surface area contributed by atoms with Gasteiger partial charge < -0.3 is 16.0 Å². The average Bonchev–Trinajstić information content (AvgIpc) is 2.45. The summed E-state index contributed by atoms with van der Waals surface area (Å²) < 4.78 is 0. The number of carbonyl (C=O) groups excluding carboxylic acids is 1. The van der Waals surface area contributed by atoms with Crippen LogP contribution in [0.25, 0.3) is 0 Å². The second-order valence-corrected chi connectivity index (χ2v) is 5.64. The highest BCUT2D eigenvalue weighted by molar-refractivity contribution is 6.34. The molecule has 1 aromatic carbocycles. The van der Waals surface area contributed by atoms with Crippen molar-refractivity contribution in [3.8, 4) is 0 Å². The van der Waals surface area contributed by atoms with E-state index in [1.54, 1.807) is 6.07 Å². The fourth-order valence-corrected chi connectivity index (χ4v) is 3.06. The molecular formula is C15H22ClN3O. The molecule has 0 spiro atoms. The number of benzene rings is 1. The predicted octanol–water partition coefficient (Wildman–Crippen LogP) is 2.26. The van der Waals surface area contributed by atoms with Crippen LogP contribution in [-0.2, 0) is 0 Å². The van der Waals surface area contributed by atoms with Crippen molar-refractivity contribution in [3.63, 3.8) is 0 Å². The van der Waals surface area contributed by atoms with E-state index in [0.717, 1.165) is 31.9 Å². The van der Waals surface area contributed by atoms with Crippen LogP contribution >= 0.6 is 11.6 Å². The molecule has 1 heterocycles. The molecule has 1 fully saturated rings. The molecule has 0 radical (unpaired) electrons. The molecule has 1 aliphatic rings. The third-order valence-electron chi connectivity index (χ3n) is 3.90. The fourth-order valence-electron chi connectivity index (χ4n) is 2.79. The number of amides is 1. The molecule has 0 aliphatic carbocycles. The molecule has 5 heteroatoms. The fraction of sp³-hybridized carbons (Fsp3) is 0.533. The molecule has 4 nitrogen and oxygen atoms in total. The van der Waals surface area contributed by atoms with Gasteiger partial charge in [0.05, 0.1) is 16.3 Å². The quantitative estimate of drug-likeness (QED) is 0.876. The van der Waals surface area contributed by atoms with Crippen LogP contribution in [-0.4, -0.2) is 32.1 Å². The standard InChI is InChI=1S/C15H22ClN3O/c1-2-19(10-11-6-8-18-9-7-11)13-5-3-4-12(16)14(13)15(17)20/h3-5,11,18H,2,6-10H2,1H3,(H2,17,20). The first-order chi connectivity index (χ1) is 9.63. The lowest BCUT2D eigenvalue weighted by molar-refractivity contribution is 0.100. The smallest absolute Gasteiger partial charge is 0.252 e. The van der Waals surface area contributed by atoms with E-state index in [4.69, 9.17) is 17.3 Å². The van der Waals surface area contributed by atoms with Gasteiger partial charge in [0.15, 0.2) is 0 Å². The van der Waals surface area contributed by atoms with Crippen LogP contribution in [0.4, 0.5) is 5.69 Å². The summed E-state index contributed by atoms with van der Waals surface area (Å²) in [6.45, 7) is 6.01. The van der Waals surface area contributed by atoms with Gasteiger partial charge >= 0.3 is 0 Å². The molecule has 1 amide bonds. The van der Waals surface area contributed by atoms with E-state index in [1.807, 2.05) is 12.1 Å². The van der Waals surface area contributed by atoms with Gasteiger partial charge in [0.25, 0.3) is 5.91 Å². The monoisotopic (exact) mass is 295 g/mol. The number of hydrogen-bond acceptors (Lipinski definition) is 3. The minimum absolute atomic E-state index is 0.429. The Kier molecular flexibility index (Phi) is 5.26. The average molecular weight is 296 g/mol. The van der Waals surface area contributed by atoms with E-state index in [9.17, 15) is 4.79 Å². The van der Waals surface area contributed by atoms with Gasteiger partial charge in [-0.15, -0.1) is 0 Å². The maximum absolute atomic E-state index is 11.7. The van der Waals surface area contributed by atoms with E-state index < -0.39 is 5.91 Å². The maximum Gasteiger partial charge on any atom is 0.252 e. The second kappa shape index (κ2) is 6.95. The van der Waals surface area contributed by atoms with Crippen molar-refractivity contribution in [2.45, 2.75) is 19.8 Å². The molecule has 110 valence electrons. The Labute approximate surface area is 125 Å². The van der Waals surface area contributed by atoms with Crippen molar-refractivity contribution in [3.05, 3.63) is 28.8 Å². The van der Waals surface area contributed by atoms with E-state index in [2.05, 4.69) is 17.1 Å². The molecule has 2 rings (SSSR count). The minimum atomic E-state index is -0.464. The number of primary amides is 1. The van der Waals surface area contributed by atoms with Crippen LogP contribution in [0.5, 0.6) is 0 Å². The van der Waals surface area contributed by atoms with Gasteiger partial charge in [-0.3, -0.25) is 4.79 Å². The molecule has 1 aromatic rings. The predicted molar refractivity (Wildman–Crippen MR) is 83.5 cm³/mol. The summed E-state index contributed by atoms with van der Waals surface area (Å²) in [4.78, 5) is 13.9. The van der Waals surface area contributed by atoms with Crippen molar-refractivity contribution in [2.24, 2.45) is 11.7 Å². The third kappa shape index (κ3) is 3.44. The van der Waals surface area contributed by atoms with Crippen molar-refractivity contribution in [1.29, 1.82) is 0 Å². The second-order valence-electron chi connectivity index (χ2n) is 5.23. The van der Waals surface area contributed by atoms with Crippen molar-refractivity contribution in [1.82, 2.24) is 5.32 Å². The molecule has 0 saturated carbocycles. The SMILES string of the molecule is CCN(CC1CCNCC1)c1cccc(Cl)c1C(N)=O. The summed E-state index contributed by atoms with van der Waals surface area (Å²) in [6.07, 6.45) is 2.34. The summed E-state index contributed by atoms with van der Waals surface area (Å²) >= 11 is 6.13. The first kappa shape index (κ1) is 15.1. The number of nitrogens with zero attached hydrogens (tertiary/aromatic N) is 1. The molecule has 1 saturated heterocycles. The highest BCUT2D eigenvalue weighted by Gasteiger charge is 2.21.